The molecule has 13 heteroatoms. The van der Waals surface area contributed by atoms with Gasteiger partial charge in [0.2, 0.25) is 0 Å². The highest BCUT2D eigenvalue weighted by molar-refractivity contribution is 6.29. The van der Waals surface area contributed by atoms with E-state index in [0.717, 1.165) is 4.90 Å². The summed E-state index contributed by atoms with van der Waals surface area (Å²) in [6.45, 7) is 0.976. The highest BCUT2D eigenvalue weighted by atomic mass is 16.7. The van der Waals surface area contributed by atoms with E-state index < -0.39 is 30.5 Å². The van der Waals surface area contributed by atoms with Gasteiger partial charge in [-0.25, -0.2) is 4.79 Å². The van der Waals surface area contributed by atoms with Crippen molar-refractivity contribution in [2.24, 2.45) is 0 Å². The minimum Gasteiger partial charge on any atom is -0.497 e. The zero-order valence-electron chi connectivity index (χ0n) is 19.6. The maximum Gasteiger partial charge on any atom is 0.502 e. The molecule has 4 amide bonds. The number of aryl methyl sites for hydroxylation is 1. The normalized spacial score (nSPS) is 18.8. The molecule has 13 nitrogen and oxygen atoms in total. The van der Waals surface area contributed by atoms with Crippen molar-refractivity contribution in [1.82, 2.24) is 15.0 Å². The number of hydrogen-bond donors (Lipinski definition) is 1. The number of carbonyl (C=O) groups excluding carboxylic acids is 3. The summed E-state index contributed by atoms with van der Waals surface area (Å²) in [4.78, 5) is 44.8. The molecular formula is C23H22N5O8+. The predicted molar refractivity (Wildman–Crippen MR) is 120 cm³/mol. The van der Waals surface area contributed by atoms with Crippen LogP contribution in [0.5, 0.6) is 11.5 Å². The summed E-state index contributed by atoms with van der Waals surface area (Å²) in [7, 11) is 2.98. The van der Waals surface area contributed by atoms with Gasteiger partial charge < -0.3 is 28.8 Å². The van der Waals surface area contributed by atoms with Gasteiger partial charge in [-0.15, -0.1) is 4.90 Å². The van der Waals surface area contributed by atoms with E-state index in [1.165, 1.54) is 24.9 Å². The number of ether oxygens (including phenoxy) is 4. The fourth-order valence-electron chi connectivity index (χ4n) is 3.99. The number of nitrogens with zero attached hydrogens (tertiary/aromatic N) is 4. The van der Waals surface area contributed by atoms with Crippen LogP contribution in [0.4, 0.5) is 10.5 Å². The second-order valence-corrected chi connectivity index (χ2v) is 7.97. The summed E-state index contributed by atoms with van der Waals surface area (Å²) in [5.74, 6) is 0.712. The van der Waals surface area contributed by atoms with Gasteiger partial charge in [-0.2, -0.15) is 14.4 Å². The molecule has 2 aliphatic heterocycles. The van der Waals surface area contributed by atoms with Gasteiger partial charge in [-0.05, 0) is 25.1 Å². The van der Waals surface area contributed by atoms with Crippen LogP contribution in [0.2, 0.25) is 0 Å². The lowest BCUT2D eigenvalue weighted by Gasteiger charge is -2.24. The minimum absolute atomic E-state index is 0.0123. The Morgan fingerprint density at radius 3 is 2.83 bits per heavy atom. The third kappa shape index (κ3) is 4.20. The fraction of sp³-hybridized carbons (Fsp3) is 0.304. The third-order valence-corrected chi connectivity index (χ3v) is 5.70. The molecule has 2 aromatic rings. The molecule has 1 aliphatic carbocycles. The minimum atomic E-state index is -0.728. The molecule has 0 radical (unpaired) electrons. The number of aromatic nitrogens is 2. The Bertz CT molecular complexity index is 1360. The first kappa shape index (κ1) is 23.2. The highest BCUT2D eigenvalue weighted by Gasteiger charge is 2.48. The van der Waals surface area contributed by atoms with Gasteiger partial charge in [-0.1, -0.05) is 5.16 Å². The van der Waals surface area contributed by atoms with Gasteiger partial charge in [-0.3, -0.25) is 4.79 Å². The number of allylic oxidation sites excluding steroid dienone is 1. The molecule has 1 saturated heterocycles. The van der Waals surface area contributed by atoms with Gasteiger partial charge >= 0.3 is 11.9 Å². The van der Waals surface area contributed by atoms with E-state index in [9.17, 15) is 14.4 Å². The molecule has 0 bridgehead atoms. The quantitative estimate of drug-likeness (QED) is 0.554. The summed E-state index contributed by atoms with van der Waals surface area (Å²) in [6.07, 6.45) is 2.54. The first-order valence-electron chi connectivity index (χ1n) is 10.9. The molecule has 3 aliphatic rings. The molecule has 5 rings (SSSR count). The number of fused-ring (bicyclic) bond motifs is 2. The molecule has 186 valence electrons. The van der Waals surface area contributed by atoms with Gasteiger partial charge in [0.1, 0.15) is 34.6 Å². The molecule has 1 aromatic heterocycles. The van der Waals surface area contributed by atoms with Crippen LogP contribution in [-0.2, 0) is 25.6 Å². The highest BCUT2D eigenvalue weighted by Crippen LogP contribution is 2.30. The lowest BCUT2D eigenvalue weighted by Crippen LogP contribution is -2.53. The molecule has 1 atom stereocenters. The van der Waals surface area contributed by atoms with Crippen molar-refractivity contribution in [2.45, 2.75) is 19.6 Å². The summed E-state index contributed by atoms with van der Waals surface area (Å²) >= 11 is 0. The molecular weight excluding hydrogens is 474 g/mol. The fourth-order valence-corrected chi connectivity index (χ4v) is 3.99. The van der Waals surface area contributed by atoms with Crippen molar-refractivity contribution >= 4 is 29.2 Å². The Balaban J connectivity index is 1.47. The van der Waals surface area contributed by atoms with Gasteiger partial charge in [0, 0.05) is 12.1 Å². The van der Waals surface area contributed by atoms with Crippen LogP contribution in [0.25, 0.3) is 0 Å². The monoisotopic (exact) mass is 496 g/mol. The number of methoxy groups -OCH3 is 2. The number of anilines is 1. The number of carbonyl (C=O) groups is 3. The summed E-state index contributed by atoms with van der Waals surface area (Å²) < 4.78 is 27.7. The Morgan fingerprint density at radius 1 is 1.28 bits per heavy atom. The number of imide groups is 1. The van der Waals surface area contributed by atoms with E-state index in [-0.39, 0.29) is 30.5 Å². The molecule has 1 fully saturated rings. The van der Waals surface area contributed by atoms with E-state index in [1.807, 2.05) is 0 Å². The van der Waals surface area contributed by atoms with Crippen molar-refractivity contribution in [3.05, 3.63) is 53.4 Å². The third-order valence-electron chi connectivity index (χ3n) is 5.70. The van der Waals surface area contributed by atoms with Crippen LogP contribution in [0.1, 0.15) is 11.7 Å². The van der Waals surface area contributed by atoms with Crippen molar-refractivity contribution in [2.75, 3.05) is 32.9 Å². The van der Waals surface area contributed by atoms with Crippen LogP contribution >= 0.6 is 0 Å². The number of amides is 4. The molecule has 0 spiro atoms. The lowest BCUT2D eigenvalue weighted by atomic mass is 9.97. The first-order valence-corrected chi connectivity index (χ1v) is 10.9. The largest absolute Gasteiger partial charge is 0.502 e. The van der Waals surface area contributed by atoms with Gasteiger partial charge in [0.25, 0.3) is 11.8 Å². The molecule has 36 heavy (non-hydrogen) atoms. The second-order valence-electron chi connectivity index (χ2n) is 7.97. The van der Waals surface area contributed by atoms with Gasteiger partial charge in [0.05, 0.1) is 19.9 Å². The topological polar surface area (TPSA) is 145 Å². The molecule has 1 N–H and O–H groups in total. The Kier molecular flexibility index (Phi) is 5.98. The molecule has 1 unspecified atom stereocenters. The molecule has 3 heterocycles. The van der Waals surface area contributed by atoms with E-state index >= 15 is 0 Å². The molecule has 0 saturated carbocycles. The smallest absolute Gasteiger partial charge is 0.497 e. The van der Waals surface area contributed by atoms with E-state index in [1.54, 1.807) is 31.2 Å². The van der Waals surface area contributed by atoms with E-state index in [2.05, 4.69) is 15.5 Å². The van der Waals surface area contributed by atoms with Crippen molar-refractivity contribution in [1.29, 1.82) is 0 Å². The first-order chi connectivity index (χ1) is 17.4. The number of urea groups is 1. The van der Waals surface area contributed by atoms with Gasteiger partial charge in [0.15, 0.2) is 25.7 Å². The number of hydrogen-bond acceptors (Lipinski definition) is 10. The van der Waals surface area contributed by atoms with E-state index in [4.69, 9.17) is 23.5 Å². The van der Waals surface area contributed by atoms with Crippen LogP contribution in [0, 0.1) is 6.92 Å². The standard InChI is InChI=1S/C23H21N5O8/c1-12-24-21(36-26-12)10-28-22(30)14-7-18-19(35-11-34-18)8-16(14)27(23(28)31)9-20(29)25-15-5-4-13(32-2)6-17(15)33-3/h4-8,18H,9-11H2,1-3H3/p+1. The van der Waals surface area contributed by atoms with Crippen molar-refractivity contribution < 1.29 is 42.4 Å². The Labute approximate surface area is 204 Å². The van der Waals surface area contributed by atoms with Crippen LogP contribution < -0.4 is 14.8 Å². The second kappa shape index (κ2) is 9.26. The number of nitrogens with one attached hydrogen (secondary N) is 1. The lowest BCUT2D eigenvalue weighted by molar-refractivity contribution is -0.424. The molecule has 1 aromatic carbocycles. The zero-order chi connectivity index (χ0) is 25.4. The van der Waals surface area contributed by atoms with Crippen LogP contribution in [-0.4, -0.2) is 76.8 Å². The van der Waals surface area contributed by atoms with Crippen LogP contribution in [0.15, 0.2) is 46.2 Å². The SMILES string of the molecule is COc1ccc(NC(=O)C[N+]2=C3C=C4OCOC4C=C3C(=O)N(Cc3nc(C)no3)C2=O)c(OC)c1. The number of rotatable bonds is 7. The summed E-state index contributed by atoms with van der Waals surface area (Å²) in [5.41, 5.74) is 0.814. The van der Waals surface area contributed by atoms with Crippen LogP contribution in [0.3, 0.4) is 0 Å². The zero-order valence-corrected chi connectivity index (χ0v) is 19.6. The average Bonchev–Trinajstić information content (AvgIpc) is 3.51. The summed E-state index contributed by atoms with van der Waals surface area (Å²) in [5, 5.41) is 6.43. The van der Waals surface area contributed by atoms with Crippen molar-refractivity contribution in [3.8, 4) is 11.5 Å². The average molecular weight is 496 g/mol. The van der Waals surface area contributed by atoms with E-state index in [0.29, 0.717) is 28.8 Å². The summed E-state index contributed by atoms with van der Waals surface area (Å²) in [6, 6.07) is 4.17. The van der Waals surface area contributed by atoms with Crippen molar-refractivity contribution in [3.63, 3.8) is 0 Å². The Hall–Kier alpha value is -4.52. The number of benzene rings is 1. The maximum atomic E-state index is 13.5. The predicted octanol–water partition coefficient (Wildman–Crippen LogP) is 1.15. The maximum absolute atomic E-state index is 13.5. The Morgan fingerprint density at radius 2 is 2.11 bits per heavy atom.